The predicted molar refractivity (Wildman–Crippen MR) is 145 cm³/mol. The van der Waals surface area contributed by atoms with Crippen LogP contribution in [0, 0.1) is 0 Å². The Morgan fingerprint density at radius 2 is 1.79 bits per heavy atom. The van der Waals surface area contributed by atoms with E-state index < -0.39 is 6.09 Å². The molecule has 1 aromatic carbocycles. The normalized spacial score (nSPS) is 23.9. The molecule has 2 aliphatic heterocycles. The van der Waals surface area contributed by atoms with Crippen molar-refractivity contribution in [3.63, 3.8) is 0 Å². The molecule has 11 heteroatoms. The van der Waals surface area contributed by atoms with Gasteiger partial charge >= 0.3 is 6.09 Å². The van der Waals surface area contributed by atoms with Crippen LogP contribution >= 0.6 is 0 Å². The number of piperidine rings is 1. The van der Waals surface area contributed by atoms with E-state index in [4.69, 9.17) is 14.2 Å². The molecule has 1 unspecified atom stereocenters. The molecule has 2 bridgehead atoms. The average Bonchev–Trinajstić information content (AvgIpc) is 3.12. The number of anilines is 1. The average molecular weight is 535 g/mol. The highest BCUT2D eigenvalue weighted by Crippen LogP contribution is 2.51. The molecule has 0 radical (unpaired) electrons. The number of hydrogen-bond donors (Lipinski definition) is 1. The molecule has 0 aliphatic carbocycles. The van der Waals surface area contributed by atoms with Crippen molar-refractivity contribution in [2.75, 3.05) is 33.0 Å². The fourth-order valence-corrected chi connectivity index (χ4v) is 6.23. The Morgan fingerprint density at radius 1 is 1.05 bits per heavy atom. The second kappa shape index (κ2) is 10.3. The van der Waals surface area contributed by atoms with Crippen LogP contribution in [-0.4, -0.2) is 81.7 Å². The van der Waals surface area contributed by atoms with Crippen molar-refractivity contribution in [2.45, 2.75) is 56.7 Å². The molecule has 0 saturated carbocycles. The van der Waals surface area contributed by atoms with E-state index in [9.17, 15) is 9.90 Å². The quantitative estimate of drug-likeness (QED) is 0.414. The third-order valence-electron chi connectivity index (χ3n) is 8.15. The van der Waals surface area contributed by atoms with Crippen molar-refractivity contribution < 1.29 is 24.1 Å². The van der Waals surface area contributed by atoms with Gasteiger partial charge < -0.3 is 24.2 Å². The van der Waals surface area contributed by atoms with Gasteiger partial charge in [-0.05, 0) is 69.4 Å². The van der Waals surface area contributed by atoms with Gasteiger partial charge in [-0.2, -0.15) is 5.10 Å². The van der Waals surface area contributed by atoms with Crippen LogP contribution in [0.25, 0.3) is 22.4 Å². The smallest absolute Gasteiger partial charge is 0.408 e. The van der Waals surface area contributed by atoms with Crippen LogP contribution in [0.15, 0.2) is 42.6 Å². The van der Waals surface area contributed by atoms with E-state index >= 15 is 0 Å². The summed E-state index contributed by atoms with van der Waals surface area (Å²) in [5.41, 5.74) is 2.40. The molecule has 206 valence electrons. The number of aromatic nitrogens is 4. The molecule has 3 aromatic rings. The summed E-state index contributed by atoms with van der Waals surface area (Å²) in [7, 11) is 5.13. The predicted octanol–water partition coefficient (Wildman–Crippen LogP) is 4.48. The van der Waals surface area contributed by atoms with Crippen molar-refractivity contribution in [3.05, 3.63) is 42.6 Å². The van der Waals surface area contributed by atoms with Crippen LogP contribution in [0.1, 0.15) is 39.5 Å². The molecule has 0 spiro atoms. The van der Waals surface area contributed by atoms with Gasteiger partial charge in [0.25, 0.3) is 0 Å². The van der Waals surface area contributed by atoms with Crippen molar-refractivity contribution in [1.29, 1.82) is 0 Å². The van der Waals surface area contributed by atoms with Gasteiger partial charge in [-0.25, -0.2) is 4.79 Å². The lowest BCUT2D eigenvalue weighted by Crippen LogP contribution is -2.62. The number of nitrogens with zero attached hydrogens (tertiary/aromatic N) is 6. The number of carboxylic acid groups (broad SMARTS) is 1. The SMILES string of the molecule is COCOc1cc(-c2cnnc(OC)c2)ccc1-c1ccc(N(C)C2C[C@]3(C)CC[C@](C)(C2)N3C(=O)O)nn1. The van der Waals surface area contributed by atoms with E-state index in [-0.39, 0.29) is 23.9 Å². The Kier molecular flexibility index (Phi) is 7.02. The number of rotatable bonds is 8. The standard InChI is InChI=1S/C28H34N6O5/c1-27-10-11-28(2,34(27)26(35)36)15-20(14-27)33(3)24-9-8-22(30-31-24)21-7-6-18(12-23(21)39-17-37-4)19-13-25(38-5)32-29-16-19/h6-9,12-13,16,20H,10-11,14-15,17H2,1-5H3,(H,35,36)/t20?,27-,28+. The van der Waals surface area contributed by atoms with E-state index in [0.717, 1.165) is 48.2 Å². The fraction of sp³-hybridized carbons (Fsp3) is 0.464. The second-order valence-electron chi connectivity index (χ2n) is 10.8. The fourth-order valence-electron chi connectivity index (χ4n) is 6.23. The maximum atomic E-state index is 12.0. The van der Waals surface area contributed by atoms with Crippen LogP contribution in [0.2, 0.25) is 0 Å². The van der Waals surface area contributed by atoms with Crippen molar-refractivity contribution in [1.82, 2.24) is 25.3 Å². The number of amides is 1. The molecular weight excluding hydrogens is 500 g/mol. The molecule has 1 amide bonds. The zero-order valence-corrected chi connectivity index (χ0v) is 22.9. The molecule has 2 aromatic heterocycles. The van der Waals surface area contributed by atoms with Crippen LogP contribution in [0.3, 0.4) is 0 Å². The third kappa shape index (κ3) is 4.94. The lowest BCUT2D eigenvalue weighted by molar-refractivity contribution is 0.0131. The maximum absolute atomic E-state index is 12.0. The summed E-state index contributed by atoms with van der Waals surface area (Å²) < 4.78 is 16.2. The highest BCUT2D eigenvalue weighted by molar-refractivity contribution is 5.75. The minimum Gasteiger partial charge on any atom is -0.480 e. The minimum atomic E-state index is -0.834. The number of methoxy groups -OCH3 is 2. The molecule has 3 atom stereocenters. The molecule has 1 N–H and O–H groups in total. The van der Waals surface area contributed by atoms with Crippen LogP contribution in [0.5, 0.6) is 11.6 Å². The van der Waals surface area contributed by atoms with E-state index in [1.54, 1.807) is 31.4 Å². The zero-order chi connectivity index (χ0) is 27.8. The Bertz CT molecular complexity index is 1330. The summed E-state index contributed by atoms with van der Waals surface area (Å²) in [4.78, 5) is 15.8. The largest absolute Gasteiger partial charge is 0.480 e. The van der Waals surface area contributed by atoms with Gasteiger partial charge in [0.05, 0.1) is 19.0 Å². The first-order chi connectivity index (χ1) is 18.7. The Balaban J connectivity index is 1.39. The first kappa shape index (κ1) is 26.6. The van der Waals surface area contributed by atoms with Gasteiger partial charge in [-0.3, -0.25) is 4.90 Å². The maximum Gasteiger partial charge on any atom is 0.408 e. The summed E-state index contributed by atoms with van der Waals surface area (Å²) in [5.74, 6) is 1.76. The summed E-state index contributed by atoms with van der Waals surface area (Å²) in [6.45, 7) is 4.20. The van der Waals surface area contributed by atoms with Crippen molar-refractivity contribution in [3.8, 4) is 34.0 Å². The molecule has 2 saturated heterocycles. The van der Waals surface area contributed by atoms with Gasteiger partial charge in [0.2, 0.25) is 5.88 Å². The minimum absolute atomic E-state index is 0.0786. The van der Waals surface area contributed by atoms with Gasteiger partial charge in [-0.1, -0.05) is 6.07 Å². The molecule has 4 heterocycles. The molecular formula is C28H34N6O5. The van der Waals surface area contributed by atoms with Gasteiger partial charge in [0.15, 0.2) is 12.6 Å². The van der Waals surface area contributed by atoms with Gasteiger partial charge in [0, 0.05) is 48.5 Å². The summed E-state index contributed by atoms with van der Waals surface area (Å²) in [5, 5.41) is 26.9. The summed E-state index contributed by atoms with van der Waals surface area (Å²) in [6.07, 6.45) is 4.07. The van der Waals surface area contributed by atoms with E-state index in [1.807, 2.05) is 37.4 Å². The van der Waals surface area contributed by atoms with Crippen molar-refractivity contribution >= 4 is 11.9 Å². The van der Waals surface area contributed by atoms with Gasteiger partial charge in [-0.15, -0.1) is 15.3 Å². The number of carbonyl (C=O) groups is 1. The number of benzene rings is 1. The lowest BCUT2D eigenvalue weighted by atomic mass is 9.82. The Morgan fingerprint density at radius 3 is 2.41 bits per heavy atom. The number of ether oxygens (including phenoxy) is 3. The molecule has 2 fully saturated rings. The third-order valence-corrected chi connectivity index (χ3v) is 8.15. The Labute approximate surface area is 227 Å². The summed E-state index contributed by atoms with van der Waals surface area (Å²) >= 11 is 0. The first-order valence-electron chi connectivity index (χ1n) is 12.9. The molecule has 39 heavy (non-hydrogen) atoms. The van der Waals surface area contributed by atoms with Crippen LogP contribution in [0.4, 0.5) is 10.6 Å². The molecule has 5 rings (SSSR count). The van der Waals surface area contributed by atoms with E-state index in [1.165, 1.54) is 0 Å². The van der Waals surface area contributed by atoms with Crippen LogP contribution in [-0.2, 0) is 4.74 Å². The van der Waals surface area contributed by atoms with E-state index in [2.05, 4.69) is 39.1 Å². The highest BCUT2D eigenvalue weighted by atomic mass is 16.7. The topological polar surface area (TPSA) is 123 Å². The first-order valence-corrected chi connectivity index (χ1v) is 12.9. The summed E-state index contributed by atoms with van der Waals surface area (Å²) in [6, 6.07) is 11.6. The van der Waals surface area contributed by atoms with Crippen molar-refractivity contribution in [2.24, 2.45) is 0 Å². The molecule has 11 nitrogen and oxygen atoms in total. The van der Waals surface area contributed by atoms with E-state index in [0.29, 0.717) is 17.3 Å². The second-order valence-corrected chi connectivity index (χ2v) is 10.8. The van der Waals surface area contributed by atoms with Crippen LogP contribution < -0.4 is 14.4 Å². The molecule has 2 aliphatic rings. The van der Waals surface area contributed by atoms with Gasteiger partial charge in [0.1, 0.15) is 5.75 Å². The number of hydrogen-bond acceptors (Lipinski definition) is 9. The highest BCUT2D eigenvalue weighted by Gasteiger charge is 2.58. The zero-order valence-electron chi connectivity index (χ0n) is 22.9. The monoisotopic (exact) mass is 534 g/mol. The lowest BCUT2D eigenvalue weighted by Gasteiger charge is -2.51. The number of fused-ring (bicyclic) bond motifs is 2. The Hall–Kier alpha value is -3.99.